The number of rotatable bonds is 19. The van der Waals surface area contributed by atoms with Crippen molar-refractivity contribution in [3.05, 3.63) is 12.2 Å². The third kappa shape index (κ3) is 7.86. The van der Waals surface area contributed by atoms with E-state index in [4.69, 9.17) is 0 Å². The summed E-state index contributed by atoms with van der Waals surface area (Å²) in [6, 6.07) is 0. The van der Waals surface area contributed by atoms with Gasteiger partial charge in [0.15, 0.2) is 0 Å². The summed E-state index contributed by atoms with van der Waals surface area (Å²) in [4.78, 5) is 27.6. The second-order valence-electron chi connectivity index (χ2n) is 20.5. The van der Waals surface area contributed by atoms with E-state index in [0.717, 1.165) is 45.1 Å². The van der Waals surface area contributed by atoms with Crippen LogP contribution in [0.25, 0.3) is 0 Å². The molecule has 5 saturated carbocycles. The maximum absolute atomic E-state index is 14.4. The van der Waals surface area contributed by atoms with Crippen LogP contribution in [0.3, 0.4) is 0 Å². The zero-order valence-corrected chi connectivity index (χ0v) is 35.0. The van der Waals surface area contributed by atoms with Gasteiger partial charge in [0, 0.05) is 18.4 Å². The van der Waals surface area contributed by atoms with Gasteiger partial charge in [0.25, 0.3) is 0 Å². The largest absolute Gasteiger partial charge is 0.356 e. The van der Waals surface area contributed by atoms with E-state index < -0.39 is 0 Å². The van der Waals surface area contributed by atoms with Crippen molar-refractivity contribution >= 4 is 11.7 Å². The molecule has 0 heterocycles. The van der Waals surface area contributed by atoms with Crippen molar-refractivity contribution in [2.24, 2.45) is 56.7 Å². The van der Waals surface area contributed by atoms with Crippen molar-refractivity contribution < 1.29 is 9.59 Å². The zero-order chi connectivity index (χ0) is 36.9. The minimum absolute atomic E-state index is 0.200. The molecular formula is C48H83NO2. The molecular weight excluding hydrogens is 623 g/mol. The highest BCUT2D eigenvalue weighted by molar-refractivity contribution is 5.85. The molecule has 0 aliphatic heterocycles. The topological polar surface area (TPSA) is 46.2 Å². The maximum atomic E-state index is 14.4. The van der Waals surface area contributed by atoms with Gasteiger partial charge in [-0.25, -0.2) is 0 Å². The molecule has 5 fully saturated rings. The van der Waals surface area contributed by atoms with Crippen molar-refractivity contribution in [2.75, 3.05) is 6.54 Å². The molecule has 0 aromatic carbocycles. The van der Waals surface area contributed by atoms with Crippen molar-refractivity contribution in [3.8, 4) is 0 Å². The molecule has 0 radical (unpaired) electrons. The maximum Gasteiger partial charge on any atom is 0.226 e. The second kappa shape index (κ2) is 17.1. The van der Waals surface area contributed by atoms with E-state index in [-0.39, 0.29) is 27.1 Å². The molecule has 1 N–H and O–H groups in total. The van der Waals surface area contributed by atoms with E-state index in [1.807, 2.05) is 0 Å². The lowest BCUT2D eigenvalue weighted by molar-refractivity contribution is -0.233. The normalized spacial score (nSPS) is 38.3. The summed E-state index contributed by atoms with van der Waals surface area (Å²) in [6.45, 7) is 22.4. The summed E-state index contributed by atoms with van der Waals surface area (Å²) >= 11 is 0. The molecule has 0 aromatic heterocycles. The Balaban J connectivity index is 1.10. The average molecular weight is 706 g/mol. The van der Waals surface area contributed by atoms with Crippen LogP contribution in [0, 0.1) is 56.7 Å². The summed E-state index contributed by atoms with van der Waals surface area (Å²) in [6.07, 6.45) is 33.2. The molecule has 0 aromatic rings. The predicted molar refractivity (Wildman–Crippen MR) is 217 cm³/mol. The Kier molecular flexibility index (Phi) is 13.8. The Morgan fingerprint density at radius 1 is 0.667 bits per heavy atom. The van der Waals surface area contributed by atoms with E-state index in [9.17, 15) is 9.59 Å². The third-order valence-corrected chi connectivity index (χ3v) is 17.6. The first-order valence-electron chi connectivity index (χ1n) is 22.8. The molecule has 0 bridgehead atoms. The molecule has 0 saturated heterocycles. The van der Waals surface area contributed by atoms with E-state index in [1.165, 1.54) is 134 Å². The van der Waals surface area contributed by atoms with E-state index in [2.05, 4.69) is 60.4 Å². The Morgan fingerprint density at radius 2 is 1.24 bits per heavy atom. The summed E-state index contributed by atoms with van der Waals surface area (Å²) in [5, 5.41) is 3.55. The zero-order valence-electron chi connectivity index (χ0n) is 35.0. The van der Waals surface area contributed by atoms with Gasteiger partial charge in [-0.15, -0.1) is 0 Å². The smallest absolute Gasteiger partial charge is 0.226 e. The molecule has 0 spiro atoms. The number of ketones is 1. The predicted octanol–water partition coefficient (Wildman–Crippen LogP) is 13.6. The first-order valence-corrected chi connectivity index (χ1v) is 22.8. The molecule has 292 valence electrons. The van der Waals surface area contributed by atoms with Crippen molar-refractivity contribution in [1.29, 1.82) is 0 Å². The molecule has 5 aliphatic rings. The van der Waals surface area contributed by atoms with Gasteiger partial charge in [-0.2, -0.15) is 0 Å². The summed E-state index contributed by atoms with van der Waals surface area (Å²) < 4.78 is 0. The summed E-state index contributed by atoms with van der Waals surface area (Å²) in [5.41, 5.74) is 1.63. The molecule has 0 unspecified atom stereocenters. The Hall–Kier alpha value is -1.12. The lowest BCUT2D eigenvalue weighted by Gasteiger charge is -2.72. The fourth-order valence-corrected chi connectivity index (χ4v) is 14.4. The molecule has 3 nitrogen and oxygen atoms in total. The molecule has 3 heteroatoms. The lowest BCUT2D eigenvalue weighted by Crippen LogP contribution is -2.67. The number of amides is 1. The first-order chi connectivity index (χ1) is 24.3. The standard InChI is InChI=1S/C48H83NO2/c1-9-10-11-12-13-14-15-16-17-18-19-20-21-22-23-24-35-49-43(51)48-32-27-37(36(2)3)42(48)38-25-26-40-45(6)30-29-41(50)44(4,5)39(45)28-31-47(40,8)46(38,7)33-34-48/h37-40,42H,2,9-35H2,1,3-8H3,(H,49,51)/t37-,38+,39-,40+,42+,45-,46-,47+,48-/m0/s1. The summed E-state index contributed by atoms with van der Waals surface area (Å²) in [5.74, 6) is 3.51. The van der Waals surface area contributed by atoms with Crippen molar-refractivity contribution in [1.82, 2.24) is 5.32 Å². The molecule has 5 aliphatic carbocycles. The average Bonchev–Trinajstić information content (AvgIpc) is 3.50. The van der Waals surface area contributed by atoms with Gasteiger partial charge in [0.2, 0.25) is 5.91 Å². The Bertz CT molecular complexity index is 1190. The van der Waals surface area contributed by atoms with Crippen LogP contribution in [0.5, 0.6) is 0 Å². The van der Waals surface area contributed by atoms with Crippen molar-refractivity contribution in [3.63, 3.8) is 0 Å². The number of hydrogen-bond acceptors (Lipinski definition) is 2. The van der Waals surface area contributed by atoms with Crippen LogP contribution in [-0.2, 0) is 9.59 Å². The van der Waals surface area contributed by atoms with Crippen LogP contribution >= 0.6 is 0 Å². The van der Waals surface area contributed by atoms with Gasteiger partial charge in [-0.1, -0.05) is 150 Å². The quantitative estimate of drug-likeness (QED) is 0.107. The minimum Gasteiger partial charge on any atom is -0.356 e. The van der Waals surface area contributed by atoms with Crippen LogP contribution in [0.15, 0.2) is 12.2 Å². The first kappa shape index (κ1) is 41.1. The third-order valence-electron chi connectivity index (χ3n) is 17.6. The van der Waals surface area contributed by atoms with Crippen LogP contribution in [0.2, 0.25) is 0 Å². The van der Waals surface area contributed by atoms with Gasteiger partial charge in [0.05, 0.1) is 5.41 Å². The van der Waals surface area contributed by atoms with Crippen LogP contribution in [0.4, 0.5) is 0 Å². The van der Waals surface area contributed by atoms with E-state index in [0.29, 0.717) is 41.3 Å². The monoisotopic (exact) mass is 706 g/mol. The van der Waals surface area contributed by atoms with Gasteiger partial charge in [-0.05, 0) is 117 Å². The van der Waals surface area contributed by atoms with Crippen molar-refractivity contribution in [2.45, 2.75) is 215 Å². The van der Waals surface area contributed by atoms with Crippen LogP contribution in [0.1, 0.15) is 215 Å². The van der Waals surface area contributed by atoms with E-state index >= 15 is 0 Å². The number of carbonyl (C=O) groups is 2. The van der Waals surface area contributed by atoms with Crippen LogP contribution < -0.4 is 5.32 Å². The van der Waals surface area contributed by atoms with Gasteiger partial charge in [0.1, 0.15) is 5.78 Å². The number of allylic oxidation sites excluding steroid dienone is 1. The Labute approximate surface area is 316 Å². The number of nitrogens with one attached hydrogen (secondary N) is 1. The number of hydrogen-bond donors (Lipinski definition) is 1. The fourth-order valence-electron chi connectivity index (χ4n) is 14.4. The highest BCUT2D eigenvalue weighted by Gasteiger charge is 2.71. The number of Topliss-reactive ketones (excluding diaryl/α,β-unsaturated/α-hetero) is 1. The van der Waals surface area contributed by atoms with Gasteiger partial charge in [-0.3, -0.25) is 9.59 Å². The van der Waals surface area contributed by atoms with E-state index in [1.54, 1.807) is 0 Å². The molecule has 9 atom stereocenters. The second-order valence-corrected chi connectivity index (χ2v) is 20.5. The number of unbranched alkanes of at least 4 members (excludes halogenated alkanes) is 15. The lowest BCUT2D eigenvalue weighted by atomic mass is 9.32. The highest BCUT2D eigenvalue weighted by atomic mass is 16.2. The number of fused-ring (bicyclic) bond motifs is 7. The molecule has 1 amide bonds. The SMILES string of the molecule is C=C(C)[C@@H]1CC[C@]2(C(=O)NCCCCCCCCCCCCCCCCCC)CC[C@@]3(C)[C@H](CC[C@@H]4[C@@]5(C)CCC(=O)C(C)(C)[C@@H]5CC[C@]43C)[C@@H]12. The minimum atomic E-state index is -0.216. The molecule has 51 heavy (non-hydrogen) atoms. The number of carbonyl (C=O) groups excluding carboxylic acids is 2. The highest BCUT2D eigenvalue weighted by Crippen LogP contribution is 2.77. The molecule has 5 rings (SSSR count). The van der Waals surface area contributed by atoms with Gasteiger partial charge < -0.3 is 5.32 Å². The van der Waals surface area contributed by atoms with Crippen LogP contribution in [-0.4, -0.2) is 18.2 Å². The van der Waals surface area contributed by atoms with Gasteiger partial charge >= 0.3 is 0 Å². The Morgan fingerprint density at radius 3 is 1.80 bits per heavy atom. The fraction of sp³-hybridized carbons (Fsp3) is 0.917. The summed E-state index contributed by atoms with van der Waals surface area (Å²) in [7, 11) is 0.